The van der Waals surface area contributed by atoms with Gasteiger partial charge in [-0.25, -0.2) is 0 Å². The van der Waals surface area contributed by atoms with Crippen molar-refractivity contribution in [2.75, 3.05) is 5.75 Å². The first-order valence-corrected chi connectivity index (χ1v) is 10.7. The van der Waals surface area contributed by atoms with Gasteiger partial charge in [0.15, 0.2) is 11.0 Å². The summed E-state index contributed by atoms with van der Waals surface area (Å²) in [4.78, 5) is 16.4. The van der Waals surface area contributed by atoms with E-state index in [9.17, 15) is 4.79 Å². The number of nitrogens with zero attached hydrogens (tertiary/aromatic N) is 4. The van der Waals surface area contributed by atoms with Crippen LogP contribution in [-0.2, 0) is 4.79 Å². The third-order valence-electron chi connectivity index (χ3n) is 5.04. The Morgan fingerprint density at radius 1 is 1.07 bits per heavy atom. The highest BCUT2D eigenvalue weighted by Gasteiger charge is 2.18. The van der Waals surface area contributed by atoms with Crippen molar-refractivity contribution in [3.63, 3.8) is 0 Å². The monoisotopic (exact) mass is 409 g/mol. The number of thioether (sulfide) groups is 1. The highest BCUT2D eigenvalue weighted by Crippen LogP contribution is 2.28. The molecule has 1 aromatic carbocycles. The second kappa shape index (κ2) is 9.22. The molecule has 29 heavy (non-hydrogen) atoms. The van der Waals surface area contributed by atoms with Crippen LogP contribution >= 0.6 is 11.8 Å². The van der Waals surface area contributed by atoms with Gasteiger partial charge in [0.1, 0.15) is 0 Å². The summed E-state index contributed by atoms with van der Waals surface area (Å²) in [6.45, 7) is 10.4. The van der Waals surface area contributed by atoms with E-state index in [1.165, 1.54) is 22.9 Å². The van der Waals surface area contributed by atoms with Crippen molar-refractivity contribution < 1.29 is 4.79 Å². The van der Waals surface area contributed by atoms with E-state index in [1.807, 2.05) is 23.6 Å². The Kier molecular flexibility index (Phi) is 6.69. The van der Waals surface area contributed by atoms with Crippen molar-refractivity contribution in [2.45, 2.75) is 45.8 Å². The second-order valence-electron chi connectivity index (χ2n) is 7.53. The lowest BCUT2D eigenvalue weighted by atomic mass is 10.1. The third-order valence-corrected chi connectivity index (χ3v) is 5.97. The fraction of sp³-hybridized carbons (Fsp3) is 0.364. The summed E-state index contributed by atoms with van der Waals surface area (Å²) in [5, 5.41) is 12.5. The average molecular weight is 410 g/mol. The molecule has 1 N–H and O–H groups in total. The number of aryl methyl sites for hydroxylation is 2. The first kappa shape index (κ1) is 21.0. The molecule has 6 nitrogen and oxygen atoms in total. The number of carbonyl (C=O) groups excluding carboxylic acids is 1. The molecule has 1 atom stereocenters. The van der Waals surface area contributed by atoms with Gasteiger partial charge >= 0.3 is 0 Å². The molecule has 0 saturated carbocycles. The number of hydrogen-bond acceptors (Lipinski definition) is 5. The Bertz CT molecular complexity index is 984. The van der Waals surface area contributed by atoms with Crippen LogP contribution in [0.25, 0.3) is 17.1 Å². The summed E-state index contributed by atoms with van der Waals surface area (Å²) in [6.07, 6.45) is 3.48. The minimum Gasteiger partial charge on any atom is -0.353 e. The Hall–Kier alpha value is -2.67. The summed E-state index contributed by atoms with van der Waals surface area (Å²) in [6, 6.07) is 10.2. The molecule has 0 aliphatic carbocycles. The second-order valence-corrected chi connectivity index (χ2v) is 8.48. The van der Waals surface area contributed by atoms with Crippen LogP contribution in [0.2, 0.25) is 0 Å². The van der Waals surface area contributed by atoms with E-state index in [4.69, 9.17) is 0 Å². The normalized spacial score (nSPS) is 12.2. The molecule has 1 unspecified atom stereocenters. The zero-order valence-electron chi connectivity index (χ0n) is 17.5. The minimum atomic E-state index is -0.00343. The van der Waals surface area contributed by atoms with Gasteiger partial charge in [0.2, 0.25) is 5.91 Å². The number of carbonyl (C=O) groups is 1. The number of benzene rings is 1. The van der Waals surface area contributed by atoms with Gasteiger partial charge < -0.3 is 5.32 Å². The summed E-state index contributed by atoms with van der Waals surface area (Å²) >= 11 is 1.39. The first-order valence-electron chi connectivity index (χ1n) is 9.72. The Labute approximate surface area is 176 Å². The van der Waals surface area contributed by atoms with Crippen LogP contribution in [0.5, 0.6) is 0 Å². The summed E-state index contributed by atoms with van der Waals surface area (Å²) in [5.74, 6) is 1.41. The van der Waals surface area contributed by atoms with Crippen LogP contribution in [0.4, 0.5) is 0 Å². The van der Waals surface area contributed by atoms with Crippen molar-refractivity contribution in [3.8, 4) is 17.1 Å². The highest BCUT2D eigenvalue weighted by molar-refractivity contribution is 7.99. The molecule has 7 heteroatoms. The molecular weight excluding hydrogens is 382 g/mol. The van der Waals surface area contributed by atoms with Gasteiger partial charge in [-0.3, -0.25) is 14.3 Å². The SMILES string of the molecule is Cc1ccc(-n2c(SCC(=O)NC(C)C(C)C)nnc2-c2ccncc2)cc1C. The zero-order valence-corrected chi connectivity index (χ0v) is 18.3. The molecule has 0 aliphatic heterocycles. The quantitative estimate of drug-likeness (QED) is 0.592. The lowest BCUT2D eigenvalue weighted by Crippen LogP contribution is -2.37. The molecule has 0 radical (unpaired) electrons. The van der Waals surface area contributed by atoms with Crippen molar-refractivity contribution >= 4 is 17.7 Å². The van der Waals surface area contributed by atoms with E-state index in [0.29, 0.717) is 11.1 Å². The van der Waals surface area contributed by atoms with E-state index >= 15 is 0 Å². The van der Waals surface area contributed by atoms with Crippen molar-refractivity contribution in [2.24, 2.45) is 5.92 Å². The van der Waals surface area contributed by atoms with E-state index < -0.39 is 0 Å². The molecule has 2 aromatic heterocycles. The van der Waals surface area contributed by atoms with Crippen LogP contribution in [0.1, 0.15) is 31.9 Å². The molecule has 3 rings (SSSR count). The van der Waals surface area contributed by atoms with Gasteiger partial charge in [-0.2, -0.15) is 0 Å². The van der Waals surface area contributed by atoms with Crippen LogP contribution in [0.15, 0.2) is 47.9 Å². The molecule has 0 fully saturated rings. The van der Waals surface area contributed by atoms with Gasteiger partial charge in [-0.05, 0) is 62.1 Å². The average Bonchev–Trinajstić information content (AvgIpc) is 3.13. The molecule has 2 heterocycles. The van der Waals surface area contributed by atoms with Crippen LogP contribution in [0.3, 0.4) is 0 Å². The maximum atomic E-state index is 12.4. The maximum Gasteiger partial charge on any atom is 0.230 e. The molecule has 0 bridgehead atoms. The van der Waals surface area contributed by atoms with E-state index in [-0.39, 0.29) is 17.7 Å². The summed E-state index contributed by atoms with van der Waals surface area (Å²) in [5.41, 5.74) is 4.32. The van der Waals surface area contributed by atoms with E-state index in [2.05, 4.69) is 66.4 Å². The minimum absolute atomic E-state index is 0.00343. The third kappa shape index (κ3) is 5.03. The molecule has 3 aromatic rings. The van der Waals surface area contributed by atoms with Gasteiger partial charge in [0, 0.05) is 24.0 Å². The van der Waals surface area contributed by atoms with E-state index in [1.54, 1.807) is 12.4 Å². The number of nitrogens with one attached hydrogen (secondary N) is 1. The summed E-state index contributed by atoms with van der Waals surface area (Å²) in [7, 11) is 0. The van der Waals surface area contributed by atoms with Gasteiger partial charge in [0.25, 0.3) is 0 Å². The van der Waals surface area contributed by atoms with Gasteiger partial charge in [-0.1, -0.05) is 31.7 Å². The Morgan fingerprint density at radius 3 is 2.45 bits per heavy atom. The predicted octanol–water partition coefficient (Wildman–Crippen LogP) is 4.20. The Morgan fingerprint density at radius 2 is 1.79 bits per heavy atom. The molecule has 0 spiro atoms. The number of amides is 1. The van der Waals surface area contributed by atoms with Crippen LogP contribution < -0.4 is 5.32 Å². The Balaban J connectivity index is 1.92. The zero-order chi connectivity index (χ0) is 21.0. The standard InChI is InChI=1S/C22H27N5OS/c1-14(2)17(5)24-20(28)13-29-22-26-25-21(18-8-10-23-11-9-18)27(22)19-7-6-15(3)16(4)12-19/h6-12,14,17H,13H2,1-5H3,(H,24,28). The summed E-state index contributed by atoms with van der Waals surface area (Å²) < 4.78 is 2.01. The van der Waals surface area contributed by atoms with Crippen LogP contribution in [-0.4, -0.2) is 37.5 Å². The van der Waals surface area contributed by atoms with Crippen molar-refractivity contribution in [1.29, 1.82) is 0 Å². The largest absolute Gasteiger partial charge is 0.353 e. The van der Waals surface area contributed by atoms with Gasteiger partial charge in [-0.15, -0.1) is 10.2 Å². The molecule has 1 amide bonds. The van der Waals surface area contributed by atoms with E-state index in [0.717, 1.165) is 17.1 Å². The molecule has 152 valence electrons. The number of pyridine rings is 1. The predicted molar refractivity (Wildman–Crippen MR) is 117 cm³/mol. The topological polar surface area (TPSA) is 72.7 Å². The fourth-order valence-electron chi connectivity index (χ4n) is 2.74. The molecule has 0 aliphatic rings. The fourth-order valence-corrected chi connectivity index (χ4v) is 3.50. The molecular formula is C22H27N5OS. The lowest BCUT2D eigenvalue weighted by Gasteiger charge is -2.17. The van der Waals surface area contributed by atoms with Crippen molar-refractivity contribution in [3.05, 3.63) is 53.9 Å². The number of rotatable bonds is 7. The number of hydrogen-bond donors (Lipinski definition) is 1. The smallest absolute Gasteiger partial charge is 0.230 e. The highest BCUT2D eigenvalue weighted by atomic mass is 32.2. The maximum absolute atomic E-state index is 12.4. The lowest BCUT2D eigenvalue weighted by molar-refractivity contribution is -0.119. The van der Waals surface area contributed by atoms with Gasteiger partial charge in [0.05, 0.1) is 11.4 Å². The number of aromatic nitrogens is 4. The molecule has 0 saturated heterocycles. The van der Waals surface area contributed by atoms with Crippen molar-refractivity contribution in [1.82, 2.24) is 25.1 Å². The first-order chi connectivity index (χ1) is 13.9. The van der Waals surface area contributed by atoms with Crippen LogP contribution in [0, 0.1) is 19.8 Å².